The van der Waals surface area contributed by atoms with Gasteiger partial charge in [0.15, 0.2) is 6.10 Å². The standard InChI is InChI=1S/C47H68O15/c1-29(26-30-20-16-14-17-21-30)33(49)32(27-48)24-25-45-34(56-40(53)61-44(11,12)13)35(55-28-31-22-18-15-19-23-31)47(62-45,39(52)60-43(8,9)10)46(54,38(51)59-42(5,6)7)36(57-45)37(50)58-41(2,3)4/h14-23,29,32-36,48-49,54H,24-28H2,1-13H3/t29-,32-,33+,34-,35-,36-,45+,46-,47+/m1/s1. The molecule has 2 aliphatic rings. The lowest BCUT2D eigenvalue weighted by Crippen LogP contribution is -2.79. The first-order chi connectivity index (χ1) is 28.5. The third kappa shape index (κ3) is 11.9. The Morgan fingerprint density at radius 1 is 0.710 bits per heavy atom. The lowest BCUT2D eigenvalue weighted by molar-refractivity contribution is -0.379. The van der Waals surface area contributed by atoms with E-state index in [1.54, 1.807) is 92.6 Å². The van der Waals surface area contributed by atoms with Crippen LogP contribution in [0.5, 0.6) is 0 Å². The average Bonchev–Trinajstić information content (AvgIpc) is 3.36. The number of hydrogen-bond acceptors (Lipinski definition) is 15. The number of aliphatic hydroxyl groups excluding tert-OH is 2. The van der Waals surface area contributed by atoms with Crippen molar-refractivity contribution in [1.82, 2.24) is 0 Å². The molecule has 2 aromatic rings. The Hall–Kier alpha value is -4.12. The summed E-state index contributed by atoms with van der Waals surface area (Å²) in [6, 6.07) is 18.2. The van der Waals surface area contributed by atoms with Crippen LogP contribution in [0.1, 0.15) is 114 Å². The van der Waals surface area contributed by atoms with Crippen molar-refractivity contribution in [3.8, 4) is 0 Å². The van der Waals surface area contributed by atoms with E-state index < -0.39 is 107 Å². The number of fused-ring (bicyclic) bond motifs is 2. The van der Waals surface area contributed by atoms with Crippen LogP contribution >= 0.6 is 0 Å². The van der Waals surface area contributed by atoms with E-state index >= 15 is 4.79 Å². The molecule has 2 aliphatic heterocycles. The van der Waals surface area contributed by atoms with Crippen molar-refractivity contribution in [2.75, 3.05) is 6.61 Å². The largest absolute Gasteiger partial charge is 0.509 e. The molecule has 2 bridgehead atoms. The first-order valence-electron chi connectivity index (χ1n) is 21.1. The summed E-state index contributed by atoms with van der Waals surface area (Å²) < 4.78 is 49.0. The van der Waals surface area contributed by atoms with Crippen LogP contribution in [0.4, 0.5) is 4.79 Å². The van der Waals surface area contributed by atoms with Gasteiger partial charge in [-0.1, -0.05) is 67.6 Å². The first kappa shape index (κ1) is 50.5. The van der Waals surface area contributed by atoms with Gasteiger partial charge in [0.25, 0.3) is 0 Å². The monoisotopic (exact) mass is 872 g/mol. The molecular weight excluding hydrogens is 805 g/mol. The van der Waals surface area contributed by atoms with Gasteiger partial charge in [-0.25, -0.2) is 19.2 Å². The lowest BCUT2D eigenvalue weighted by Gasteiger charge is -2.51. The summed E-state index contributed by atoms with van der Waals surface area (Å²) in [5.41, 5.74) is -10.1. The molecule has 0 aromatic heterocycles. The maximum Gasteiger partial charge on any atom is 0.509 e. The molecule has 0 radical (unpaired) electrons. The highest BCUT2D eigenvalue weighted by Crippen LogP contribution is 2.58. The normalized spacial score (nSPS) is 26.7. The van der Waals surface area contributed by atoms with Crippen LogP contribution in [0, 0.1) is 11.8 Å². The van der Waals surface area contributed by atoms with Crippen molar-refractivity contribution in [2.24, 2.45) is 11.8 Å². The summed E-state index contributed by atoms with van der Waals surface area (Å²) in [4.78, 5) is 58.6. The fourth-order valence-electron chi connectivity index (χ4n) is 7.63. The molecule has 0 aliphatic carbocycles. The molecule has 2 saturated heterocycles. The number of rotatable bonds is 15. The van der Waals surface area contributed by atoms with E-state index in [2.05, 4.69) is 0 Å². The molecule has 2 fully saturated rings. The van der Waals surface area contributed by atoms with Crippen LogP contribution in [-0.2, 0) is 65.3 Å². The third-order valence-corrected chi connectivity index (χ3v) is 10.2. The Bertz CT molecular complexity index is 1840. The Kier molecular flexibility index (Phi) is 15.4. The lowest BCUT2D eigenvalue weighted by atomic mass is 9.74. The predicted octanol–water partition coefficient (Wildman–Crippen LogP) is 6.14. The van der Waals surface area contributed by atoms with E-state index in [1.807, 2.05) is 37.3 Å². The maximum absolute atomic E-state index is 15.3. The zero-order valence-electron chi connectivity index (χ0n) is 38.5. The van der Waals surface area contributed by atoms with Crippen LogP contribution in [0.2, 0.25) is 0 Å². The van der Waals surface area contributed by atoms with E-state index in [0.717, 1.165) is 5.56 Å². The molecule has 0 saturated carbocycles. The Morgan fingerprint density at radius 3 is 1.71 bits per heavy atom. The van der Waals surface area contributed by atoms with Crippen molar-refractivity contribution in [2.45, 2.75) is 180 Å². The Balaban J connectivity index is 2.04. The molecule has 3 N–H and O–H groups in total. The zero-order chi connectivity index (χ0) is 46.7. The van der Waals surface area contributed by atoms with Crippen LogP contribution in [0.3, 0.4) is 0 Å². The van der Waals surface area contributed by atoms with E-state index in [1.165, 1.54) is 20.8 Å². The number of carbonyl (C=O) groups is 4. The van der Waals surface area contributed by atoms with E-state index in [0.29, 0.717) is 12.0 Å². The molecular formula is C47H68O15. The molecule has 15 heteroatoms. The zero-order valence-corrected chi connectivity index (χ0v) is 38.5. The topological polar surface area (TPSA) is 203 Å². The van der Waals surface area contributed by atoms with Crippen LogP contribution in [-0.4, -0.2) is 110 Å². The molecule has 0 spiro atoms. The maximum atomic E-state index is 15.3. The molecule has 15 nitrogen and oxygen atoms in total. The summed E-state index contributed by atoms with van der Waals surface area (Å²) in [7, 11) is 0. The van der Waals surface area contributed by atoms with E-state index in [4.69, 9.17) is 37.9 Å². The number of aliphatic hydroxyl groups is 3. The summed E-state index contributed by atoms with van der Waals surface area (Å²) >= 11 is 0. The minimum absolute atomic E-state index is 0.146. The van der Waals surface area contributed by atoms with E-state index in [-0.39, 0.29) is 18.9 Å². The smallest absolute Gasteiger partial charge is 0.458 e. The van der Waals surface area contributed by atoms with Crippen LogP contribution < -0.4 is 0 Å². The fraction of sp³-hybridized carbons (Fsp3) is 0.660. The summed E-state index contributed by atoms with van der Waals surface area (Å²) in [5.74, 6) is -7.97. The minimum Gasteiger partial charge on any atom is -0.458 e. The fourth-order valence-corrected chi connectivity index (χ4v) is 7.63. The van der Waals surface area contributed by atoms with Crippen molar-refractivity contribution in [3.63, 3.8) is 0 Å². The number of ether oxygens (including phenoxy) is 8. The van der Waals surface area contributed by atoms with Crippen molar-refractivity contribution < 1.29 is 72.4 Å². The van der Waals surface area contributed by atoms with Gasteiger partial charge in [0, 0.05) is 18.9 Å². The second-order valence-corrected chi connectivity index (χ2v) is 20.3. The molecule has 2 heterocycles. The van der Waals surface area contributed by atoms with Crippen LogP contribution in [0.25, 0.3) is 0 Å². The predicted molar refractivity (Wildman–Crippen MR) is 225 cm³/mol. The van der Waals surface area contributed by atoms with E-state index in [9.17, 15) is 29.7 Å². The Morgan fingerprint density at radius 2 is 1.21 bits per heavy atom. The van der Waals surface area contributed by atoms with Gasteiger partial charge < -0.3 is 53.2 Å². The molecule has 9 atom stereocenters. The first-order valence-corrected chi connectivity index (χ1v) is 21.1. The van der Waals surface area contributed by atoms with Gasteiger partial charge in [-0.2, -0.15) is 0 Å². The second-order valence-electron chi connectivity index (χ2n) is 20.3. The van der Waals surface area contributed by atoms with Gasteiger partial charge >= 0.3 is 24.1 Å². The molecule has 0 unspecified atom stereocenters. The van der Waals surface area contributed by atoms with Crippen molar-refractivity contribution in [1.29, 1.82) is 0 Å². The molecule has 346 valence electrons. The minimum atomic E-state index is -3.47. The average molecular weight is 873 g/mol. The highest BCUT2D eigenvalue weighted by Gasteiger charge is 2.87. The van der Waals surface area contributed by atoms with Gasteiger partial charge in [-0.05, 0) is 113 Å². The Labute approximate surface area is 365 Å². The second kappa shape index (κ2) is 18.9. The van der Waals surface area contributed by atoms with Gasteiger partial charge in [-0.15, -0.1) is 0 Å². The van der Waals surface area contributed by atoms with Gasteiger partial charge in [0.1, 0.15) is 28.5 Å². The summed E-state index contributed by atoms with van der Waals surface area (Å²) in [6.07, 6.45) is -8.87. The van der Waals surface area contributed by atoms with Crippen molar-refractivity contribution in [3.05, 3.63) is 71.8 Å². The molecule has 2 aromatic carbocycles. The number of benzene rings is 2. The molecule has 4 rings (SSSR count). The summed E-state index contributed by atoms with van der Waals surface area (Å²) in [6.45, 7) is 19.6. The molecule has 0 amide bonds. The van der Waals surface area contributed by atoms with Crippen molar-refractivity contribution >= 4 is 24.1 Å². The van der Waals surface area contributed by atoms with Crippen LogP contribution in [0.15, 0.2) is 60.7 Å². The number of esters is 3. The quantitative estimate of drug-likeness (QED) is 0.136. The number of hydrogen-bond donors (Lipinski definition) is 3. The van der Waals surface area contributed by atoms with Gasteiger partial charge in [-0.3, -0.25) is 0 Å². The SMILES string of the molecule is C[C@H](Cc1ccccc1)[C@H](O)[C@@H](CO)CC[C@]12O[C@H](C(=O)OC(C)(C)C)[C@@](O)(C(=O)OC(C)(C)C)[C@](C(=O)OC(C)(C)C)(O1)[C@H](OCc1ccccc1)[C@H]2OC(=O)OC(C)(C)C. The third-order valence-electron chi connectivity index (χ3n) is 10.2. The molecule has 62 heavy (non-hydrogen) atoms. The van der Waals surface area contributed by atoms with Gasteiger partial charge in [0.05, 0.1) is 12.7 Å². The van der Waals surface area contributed by atoms with Gasteiger partial charge in [0.2, 0.25) is 23.1 Å². The summed E-state index contributed by atoms with van der Waals surface area (Å²) in [5, 5.41) is 35.8. The highest BCUT2D eigenvalue weighted by atomic mass is 16.8. The highest BCUT2D eigenvalue weighted by molar-refractivity contribution is 5.99. The number of carbonyl (C=O) groups excluding carboxylic acids is 4.